The van der Waals surface area contributed by atoms with E-state index in [0.717, 1.165) is 10.8 Å². The lowest BCUT2D eigenvalue weighted by atomic mass is 10.2. The van der Waals surface area contributed by atoms with Crippen LogP contribution in [-0.4, -0.2) is 19.5 Å². The van der Waals surface area contributed by atoms with Crippen LogP contribution in [0.1, 0.15) is 24.2 Å². The Balaban J connectivity index is 3.11. The lowest BCUT2D eigenvalue weighted by Gasteiger charge is -2.11. The van der Waals surface area contributed by atoms with Gasteiger partial charge in [-0.05, 0) is 35.8 Å². The smallest absolute Gasteiger partial charge is 0.153 e. The first-order chi connectivity index (χ1) is 7.22. The molecule has 3 nitrogen and oxygen atoms in total. The van der Waals surface area contributed by atoms with Gasteiger partial charge in [0.1, 0.15) is 11.5 Å². The van der Waals surface area contributed by atoms with Crippen LogP contribution in [0.3, 0.4) is 0 Å². The molecule has 0 atom stereocenters. The zero-order valence-electron chi connectivity index (χ0n) is 8.75. The summed E-state index contributed by atoms with van der Waals surface area (Å²) in [5, 5.41) is 0. The molecule has 0 heterocycles. The Hall–Kier alpha value is -1.03. The molecular formula is C11H13BrO3. The fourth-order valence-electron chi connectivity index (χ4n) is 1.19. The molecule has 15 heavy (non-hydrogen) atoms. The van der Waals surface area contributed by atoms with Crippen LogP contribution in [0.5, 0.6) is 11.5 Å². The van der Waals surface area contributed by atoms with E-state index < -0.39 is 0 Å². The van der Waals surface area contributed by atoms with Crippen molar-refractivity contribution in [2.45, 2.75) is 13.8 Å². The Kier molecular flexibility index (Phi) is 4.62. The van der Waals surface area contributed by atoms with Crippen molar-refractivity contribution < 1.29 is 14.3 Å². The third-order valence-corrected chi connectivity index (χ3v) is 2.41. The molecule has 1 aromatic rings. The van der Waals surface area contributed by atoms with Crippen LogP contribution in [0.25, 0.3) is 0 Å². The van der Waals surface area contributed by atoms with Gasteiger partial charge in [0.15, 0.2) is 6.29 Å². The number of hydrogen-bond donors (Lipinski definition) is 0. The monoisotopic (exact) mass is 272 g/mol. The highest BCUT2D eigenvalue weighted by atomic mass is 79.9. The molecule has 0 N–H and O–H groups in total. The summed E-state index contributed by atoms with van der Waals surface area (Å²) in [5.41, 5.74) is 0.521. The molecule has 0 aliphatic rings. The van der Waals surface area contributed by atoms with E-state index in [4.69, 9.17) is 9.47 Å². The molecule has 82 valence electrons. The Morgan fingerprint density at radius 3 is 2.33 bits per heavy atom. The van der Waals surface area contributed by atoms with Crippen molar-refractivity contribution >= 4 is 22.2 Å². The first kappa shape index (κ1) is 12.0. The lowest BCUT2D eigenvalue weighted by molar-refractivity contribution is 0.111. The Morgan fingerprint density at radius 2 is 1.80 bits per heavy atom. The molecule has 0 aliphatic carbocycles. The molecule has 4 heteroatoms. The molecule has 0 saturated heterocycles. The van der Waals surface area contributed by atoms with Crippen LogP contribution in [0, 0.1) is 0 Å². The highest BCUT2D eigenvalue weighted by molar-refractivity contribution is 9.10. The van der Waals surface area contributed by atoms with Gasteiger partial charge in [0.05, 0.1) is 23.2 Å². The summed E-state index contributed by atoms with van der Waals surface area (Å²) in [6.45, 7) is 4.87. The molecule has 0 radical (unpaired) electrons. The van der Waals surface area contributed by atoms with E-state index in [-0.39, 0.29) is 0 Å². The predicted molar refractivity (Wildman–Crippen MR) is 61.9 cm³/mol. The molecule has 0 spiro atoms. The molecule has 0 unspecified atom stereocenters. The highest BCUT2D eigenvalue weighted by Gasteiger charge is 2.09. The van der Waals surface area contributed by atoms with Crippen LogP contribution in [0.2, 0.25) is 0 Å². The average molecular weight is 273 g/mol. The van der Waals surface area contributed by atoms with E-state index in [1.54, 1.807) is 12.1 Å². The van der Waals surface area contributed by atoms with Crippen molar-refractivity contribution in [2.75, 3.05) is 13.2 Å². The summed E-state index contributed by atoms with van der Waals surface area (Å²) in [6.07, 6.45) is 0.769. The van der Waals surface area contributed by atoms with Gasteiger partial charge < -0.3 is 9.47 Å². The van der Waals surface area contributed by atoms with Gasteiger partial charge >= 0.3 is 0 Å². The van der Waals surface area contributed by atoms with Crippen LogP contribution < -0.4 is 9.47 Å². The summed E-state index contributed by atoms with van der Waals surface area (Å²) in [4.78, 5) is 10.8. The van der Waals surface area contributed by atoms with Gasteiger partial charge in [-0.2, -0.15) is 0 Å². The summed E-state index contributed by atoms with van der Waals surface area (Å²) in [6, 6.07) is 3.42. The average Bonchev–Trinajstić information content (AvgIpc) is 2.23. The number of carbonyl (C=O) groups is 1. The maximum atomic E-state index is 10.8. The predicted octanol–water partition coefficient (Wildman–Crippen LogP) is 3.06. The van der Waals surface area contributed by atoms with Gasteiger partial charge in [-0.3, -0.25) is 4.79 Å². The van der Waals surface area contributed by atoms with Gasteiger partial charge in [0, 0.05) is 6.07 Å². The van der Waals surface area contributed by atoms with Crippen molar-refractivity contribution in [1.29, 1.82) is 0 Å². The fourth-order valence-corrected chi connectivity index (χ4v) is 1.66. The van der Waals surface area contributed by atoms with Crippen molar-refractivity contribution in [2.24, 2.45) is 0 Å². The van der Waals surface area contributed by atoms with Gasteiger partial charge in [-0.15, -0.1) is 0 Å². The minimum atomic E-state index is 0.521. The first-order valence-corrected chi connectivity index (χ1v) is 5.56. The summed E-state index contributed by atoms with van der Waals surface area (Å²) in [7, 11) is 0. The van der Waals surface area contributed by atoms with E-state index in [0.29, 0.717) is 30.3 Å². The third-order valence-electron chi connectivity index (χ3n) is 1.79. The number of halogens is 1. The number of carbonyl (C=O) groups excluding carboxylic acids is 1. The van der Waals surface area contributed by atoms with Crippen molar-refractivity contribution in [3.8, 4) is 11.5 Å². The molecule has 0 aliphatic heterocycles. The first-order valence-electron chi connectivity index (χ1n) is 4.77. The normalized spacial score (nSPS) is 9.80. The largest absolute Gasteiger partial charge is 0.493 e. The van der Waals surface area contributed by atoms with Crippen LogP contribution >= 0.6 is 15.9 Å². The number of benzene rings is 1. The fraction of sp³-hybridized carbons (Fsp3) is 0.364. The Labute approximate surface area is 97.5 Å². The van der Waals surface area contributed by atoms with Crippen LogP contribution in [-0.2, 0) is 0 Å². The number of ether oxygens (including phenoxy) is 2. The van der Waals surface area contributed by atoms with E-state index in [1.165, 1.54) is 0 Å². The molecule has 0 saturated carbocycles. The van der Waals surface area contributed by atoms with E-state index >= 15 is 0 Å². The zero-order chi connectivity index (χ0) is 11.3. The van der Waals surface area contributed by atoms with E-state index in [9.17, 15) is 4.79 Å². The van der Waals surface area contributed by atoms with E-state index in [1.807, 2.05) is 13.8 Å². The van der Waals surface area contributed by atoms with Gasteiger partial charge in [0.2, 0.25) is 0 Å². The molecule has 0 fully saturated rings. The van der Waals surface area contributed by atoms with Crippen molar-refractivity contribution in [1.82, 2.24) is 0 Å². The second-order valence-corrected chi connectivity index (χ2v) is 3.66. The second kappa shape index (κ2) is 5.75. The molecule has 1 rings (SSSR count). The molecule has 1 aromatic carbocycles. The SMILES string of the molecule is CCOc1cc(OCC)c(C=O)cc1Br. The van der Waals surface area contributed by atoms with Gasteiger partial charge in [-0.25, -0.2) is 0 Å². The summed E-state index contributed by atoms with van der Waals surface area (Å²) >= 11 is 3.33. The molecule has 0 bridgehead atoms. The van der Waals surface area contributed by atoms with Crippen molar-refractivity contribution in [3.05, 3.63) is 22.2 Å². The number of rotatable bonds is 5. The molecular weight excluding hydrogens is 260 g/mol. The minimum Gasteiger partial charge on any atom is -0.493 e. The van der Waals surface area contributed by atoms with Crippen molar-refractivity contribution in [3.63, 3.8) is 0 Å². The molecule has 0 aromatic heterocycles. The standard InChI is InChI=1S/C11H13BrO3/c1-3-14-10-6-11(15-4-2)9(12)5-8(10)7-13/h5-7H,3-4H2,1-2H3. The second-order valence-electron chi connectivity index (χ2n) is 2.80. The summed E-state index contributed by atoms with van der Waals surface area (Å²) in [5.74, 6) is 1.24. The number of hydrogen-bond acceptors (Lipinski definition) is 3. The summed E-state index contributed by atoms with van der Waals surface area (Å²) < 4.78 is 11.5. The lowest BCUT2D eigenvalue weighted by Crippen LogP contribution is -1.99. The van der Waals surface area contributed by atoms with Crippen LogP contribution in [0.4, 0.5) is 0 Å². The maximum absolute atomic E-state index is 10.8. The topological polar surface area (TPSA) is 35.5 Å². The van der Waals surface area contributed by atoms with Crippen LogP contribution in [0.15, 0.2) is 16.6 Å². The Morgan fingerprint density at radius 1 is 1.20 bits per heavy atom. The van der Waals surface area contributed by atoms with E-state index in [2.05, 4.69) is 15.9 Å². The maximum Gasteiger partial charge on any atom is 0.153 e. The quantitative estimate of drug-likeness (QED) is 0.773. The van der Waals surface area contributed by atoms with Gasteiger partial charge in [0.25, 0.3) is 0 Å². The Bertz CT molecular complexity index is 350. The third kappa shape index (κ3) is 2.96. The zero-order valence-corrected chi connectivity index (χ0v) is 10.3. The van der Waals surface area contributed by atoms with Gasteiger partial charge in [-0.1, -0.05) is 0 Å². The highest BCUT2D eigenvalue weighted by Crippen LogP contribution is 2.32. The molecule has 0 amide bonds. The minimum absolute atomic E-state index is 0.521. The number of aldehydes is 1.